The molecule has 1 aromatic rings. The van der Waals surface area contributed by atoms with Crippen LogP contribution in [0.5, 0.6) is 0 Å². The van der Waals surface area contributed by atoms with Gasteiger partial charge in [0.15, 0.2) is 0 Å². The molecule has 0 aromatic carbocycles. The number of ether oxygens (including phenoxy) is 1. The molecule has 1 saturated carbocycles. The number of aromatic nitrogens is 3. The summed E-state index contributed by atoms with van der Waals surface area (Å²) in [6.07, 6.45) is 7.99. The van der Waals surface area contributed by atoms with E-state index in [1.165, 1.54) is 32.0 Å². The highest BCUT2D eigenvalue weighted by molar-refractivity contribution is 5.78. The van der Waals surface area contributed by atoms with Crippen LogP contribution < -0.4 is 5.32 Å². The van der Waals surface area contributed by atoms with E-state index in [9.17, 15) is 9.59 Å². The van der Waals surface area contributed by atoms with Crippen molar-refractivity contribution in [3.63, 3.8) is 0 Å². The minimum Gasteiger partial charge on any atom is -0.365 e. The number of carbonyl (C=O) groups is 2. The normalized spacial score (nSPS) is 24.5. The molecule has 28 heavy (non-hydrogen) atoms. The van der Waals surface area contributed by atoms with Gasteiger partial charge in [0.25, 0.3) is 0 Å². The second-order valence-electron chi connectivity index (χ2n) is 8.36. The molecule has 1 atom stereocenters. The molecular formula is C19H30N6O3. The van der Waals surface area contributed by atoms with Gasteiger partial charge in [0.2, 0.25) is 11.8 Å². The summed E-state index contributed by atoms with van der Waals surface area (Å²) in [6.45, 7) is 5.63. The van der Waals surface area contributed by atoms with E-state index in [1.807, 2.05) is 4.90 Å². The van der Waals surface area contributed by atoms with E-state index in [4.69, 9.17) is 4.74 Å². The van der Waals surface area contributed by atoms with E-state index in [0.717, 1.165) is 38.4 Å². The Balaban J connectivity index is 1.18. The first-order chi connectivity index (χ1) is 13.7. The molecule has 9 heteroatoms. The average Bonchev–Trinajstić information content (AvgIpc) is 3.36. The van der Waals surface area contributed by atoms with E-state index in [2.05, 4.69) is 20.4 Å². The fourth-order valence-electron chi connectivity index (χ4n) is 4.06. The minimum absolute atomic E-state index is 0.0625. The molecule has 3 aliphatic rings. The molecule has 0 bridgehead atoms. The maximum atomic E-state index is 12.3. The minimum atomic E-state index is -0.155. The Morgan fingerprint density at radius 3 is 2.54 bits per heavy atom. The maximum Gasteiger partial charge on any atom is 0.248 e. The van der Waals surface area contributed by atoms with Crippen molar-refractivity contribution in [1.29, 1.82) is 0 Å². The summed E-state index contributed by atoms with van der Waals surface area (Å²) in [7, 11) is 0. The van der Waals surface area contributed by atoms with Crippen molar-refractivity contribution in [3.05, 3.63) is 12.7 Å². The highest BCUT2D eigenvalue weighted by Crippen LogP contribution is 2.31. The van der Waals surface area contributed by atoms with Crippen molar-refractivity contribution in [2.45, 2.75) is 38.3 Å². The van der Waals surface area contributed by atoms with Crippen molar-refractivity contribution in [2.24, 2.45) is 11.8 Å². The number of nitrogens with zero attached hydrogens (tertiary/aromatic N) is 5. The zero-order chi connectivity index (χ0) is 19.3. The second kappa shape index (κ2) is 9.00. The summed E-state index contributed by atoms with van der Waals surface area (Å²) in [5.41, 5.74) is 0. The van der Waals surface area contributed by atoms with Gasteiger partial charge in [-0.2, -0.15) is 0 Å². The maximum absolute atomic E-state index is 12.3. The Morgan fingerprint density at radius 2 is 1.82 bits per heavy atom. The van der Waals surface area contributed by atoms with Crippen LogP contribution >= 0.6 is 0 Å². The standard InChI is InChI=1S/C19H30N6O3/c26-18(11-24-13-21-22-14-24)20-7-17-10-25(19(27)12-28-17)9-16-3-5-23(6-4-16)8-15-1-2-15/h13-17H,1-12H2,(H,20,26). The Morgan fingerprint density at radius 1 is 1.11 bits per heavy atom. The summed E-state index contributed by atoms with van der Waals surface area (Å²) in [5.74, 6) is 1.46. The van der Waals surface area contributed by atoms with Gasteiger partial charge in [-0.15, -0.1) is 10.2 Å². The highest BCUT2D eigenvalue weighted by atomic mass is 16.5. The molecule has 2 saturated heterocycles. The number of nitrogens with one attached hydrogen (secondary N) is 1. The quantitative estimate of drug-likeness (QED) is 0.658. The first-order valence-electron chi connectivity index (χ1n) is 10.4. The predicted octanol–water partition coefficient (Wildman–Crippen LogP) is -0.256. The molecule has 2 amide bonds. The second-order valence-corrected chi connectivity index (χ2v) is 8.36. The van der Waals surface area contributed by atoms with Gasteiger partial charge in [0, 0.05) is 26.2 Å². The summed E-state index contributed by atoms with van der Waals surface area (Å²) in [5, 5.41) is 10.2. The SMILES string of the molecule is O=C(Cn1cnnc1)NCC1CN(CC2CCN(CC3CC3)CC2)C(=O)CO1. The van der Waals surface area contributed by atoms with Crippen LogP contribution in [-0.2, 0) is 20.9 Å². The molecule has 9 nitrogen and oxygen atoms in total. The van der Waals surface area contributed by atoms with Crippen molar-refractivity contribution < 1.29 is 14.3 Å². The van der Waals surface area contributed by atoms with Gasteiger partial charge < -0.3 is 24.4 Å². The average molecular weight is 390 g/mol. The van der Waals surface area contributed by atoms with E-state index in [1.54, 1.807) is 4.57 Å². The van der Waals surface area contributed by atoms with E-state index < -0.39 is 0 Å². The van der Waals surface area contributed by atoms with Crippen molar-refractivity contribution >= 4 is 11.8 Å². The van der Waals surface area contributed by atoms with Gasteiger partial charge in [0.1, 0.15) is 25.8 Å². The summed E-state index contributed by atoms with van der Waals surface area (Å²) in [6, 6.07) is 0. The molecule has 1 aromatic heterocycles. The topological polar surface area (TPSA) is 92.6 Å². The molecule has 0 spiro atoms. The summed E-state index contributed by atoms with van der Waals surface area (Å²) >= 11 is 0. The van der Waals surface area contributed by atoms with Gasteiger partial charge in [-0.3, -0.25) is 9.59 Å². The third-order valence-corrected chi connectivity index (χ3v) is 5.94. The lowest BCUT2D eigenvalue weighted by Gasteiger charge is -2.38. The number of likely N-dealkylation sites (tertiary alicyclic amines) is 1. The summed E-state index contributed by atoms with van der Waals surface area (Å²) < 4.78 is 7.23. The van der Waals surface area contributed by atoms with E-state index in [0.29, 0.717) is 19.0 Å². The van der Waals surface area contributed by atoms with Gasteiger partial charge in [-0.1, -0.05) is 0 Å². The first kappa shape index (κ1) is 19.3. The van der Waals surface area contributed by atoms with Gasteiger partial charge >= 0.3 is 0 Å². The zero-order valence-electron chi connectivity index (χ0n) is 16.3. The van der Waals surface area contributed by atoms with E-state index >= 15 is 0 Å². The van der Waals surface area contributed by atoms with Gasteiger partial charge in [-0.25, -0.2) is 0 Å². The Kier molecular flexibility index (Phi) is 6.21. The molecule has 0 radical (unpaired) electrons. The van der Waals surface area contributed by atoms with Crippen LogP contribution in [0.3, 0.4) is 0 Å². The molecule has 2 aliphatic heterocycles. The lowest BCUT2D eigenvalue weighted by atomic mass is 9.95. The third-order valence-electron chi connectivity index (χ3n) is 5.94. The molecule has 1 N–H and O–H groups in total. The fraction of sp³-hybridized carbons (Fsp3) is 0.789. The molecule has 3 heterocycles. The van der Waals surface area contributed by atoms with Gasteiger partial charge in [0.05, 0.1) is 6.10 Å². The number of rotatable bonds is 8. The van der Waals surface area contributed by atoms with Crippen molar-refractivity contribution in [2.75, 3.05) is 45.9 Å². The molecule has 4 rings (SSSR count). The van der Waals surface area contributed by atoms with Crippen LogP contribution in [0.1, 0.15) is 25.7 Å². The van der Waals surface area contributed by atoms with Crippen molar-refractivity contribution in [1.82, 2.24) is 29.9 Å². The number of hydrogen-bond donors (Lipinski definition) is 1. The zero-order valence-corrected chi connectivity index (χ0v) is 16.3. The molecule has 154 valence electrons. The Bertz CT molecular complexity index is 655. The number of carbonyl (C=O) groups excluding carboxylic acids is 2. The fourth-order valence-corrected chi connectivity index (χ4v) is 4.06. The lowest BCUT2D eigenvalue weighted by Crippen LogP contribution is -2.52. The molecule has 1 aliphatic carbocycles. The number of morpholine rings is 1. The molecule has 3 fully saturated rings. The Hall–Kier alpha value is -2.00. The largest absolute Gasteiger partial charge is 0.365 e. The third kappa shape index (κ3) is 5.51. The van der Waals surface area contributed by atoms with Gasteiger partial charge in [-0.05, 0) is 50.6 Å². The lowest BCUT2D eigenvalue weighted by molar-refractivity contribution is -0.150. The summed E-state index contributed by atoms with van der Waals surface area (Å²) in [4.78, 5) is 28.8. The monoisotopic (exact) mass is 390 g/mol. The molecular weight excluding hydrogens is 360 g/mol. The smallest absolute Gasteiger partial charge is 0.248 e. The van der Waals surface area contributed by atoms with Crippen LogP contribution in [0.2, 0.25) is 0 Å². The van der Waals surface area contributed by atoms with Crippen LogP contribution in [0.4, 0.5) is 0 Å². The van der Waals surface area contributed by atoms with Crippen LogP contribution in [-0.4, -0.2) is 88.4 Å². The Labute approximate surface area is 165 Å². The highest BCUT2D eigenvalue weighted by Gasteiger charge is 2.31. The van der Waals surface area contributed by atoms with Crippen LogP contribution in [0.15, 0.2) is 12.7 Å². The molecule has 1 unspecified atom stereocenters. The number of hydrogen-bond acceptors (Lipinski definition) is 6. The number of piperidine rings is 1. The van der Waals surface area contributed by atoms with E-state index in [-0.39, 0.29) is 31.1 Å². The van der Waals surface area contributed by atoms with Crippen LogP contribution in [0, 0.1) is 11.8 Å². The first-order valence-corrected chi connectivity index (χ1v) is 10.4. The number of amides is 2. The van der Waals surface area contributed by atoms with Crippen LogP contribution in [0.25, 0.3) is 0 Å². The predicted molar refractivity (Wildman–Crippen MR) is 101 cm³/mol. The van der Waals surface area contributed by atoms with Crippen molar-refractivity contribution in [3.8, 4) is 0 Å².